The Morgan fingerprint density at radius 2 is 1.69 bits per heavy atom. The first-order chi connectivity index (χ1) is 16.5. The van der Waals surface area contributed by atoms with Crippen molar-refractivity contribution >= 4 is 17.9 Å². The second kappa shape index (κ2) is 8.47. The van der Waals surface area contributed by atoms with Gasteiger partial charge in [-0.15, -0.1) is 0 Å². The van der Waals surface area contributed by atoms with E-state index in [9.17, 15) is 14.4 Å². The quantitative estimate of drug-likeness (QED) is 0.325. The van der Waals surface area contributed by atoms with Crippen LogP contribution in [-0.2, 0) is 42.8 Å². The Labute approximate surface area is 205 Å². The van der Waals surface area contributed by atoms with Gasteiger partial charge in [-0.25, -0.2) is 0 Å². The molecule has 9 nitrogen and oxygen atoms in total. The van der Waals surface area contributed by atoms with Crippen molar-refractivity contribution in [2.24, 2.45) is 28.6 Å². The maximum atomic E-state index is 12.3. The van der Waals surface area contributed by atoms with Crippen molar-refractivity contribution in [3.05, 3.63) is 12.3 Å². The lowest BCUT2D eigenvalue weighted by Crippen LogP contribution is -2.72. The number of hydrogen-bond donors (Lipinski definition) is 0. The SMILES string of the molecule is CC(=O)OC[C@@]12[C@@H](OC(C)=O)C[C@@H](C)[C@](C)([C@@H]3C[C@H]4C=CO[C@H]4O3)[C@H]1CC[C@@H](OC(C)=O)[C@@]21CO1. The molecule has 5 aliphatic rings. The molecule has 1 spiro atoms. The van der Waals surface area contributed by atoms with Gasteiger partial charge in [-0.1, -0.05) is 13.8 Å². The summed E-state index contributed by atoms with van der Waals surface area (Å²) < 4.78 is 35.9. The molecule has 0 amide bonds. The van der Waals surface area contributed by atoms with Crippen molar-refractivity contribution in [2.75, 3.05) is 13.2 Å². The van der Waals surface area contributed by atoms with E-state index in [4.69, 9.17) is 28.4 Å². The molecule has 3 heterocycles. The number of carbonyl (C=O) groups is 3. The van der Waals surface area contributed by atoms with Gasteiger partial charge in [0.15, 0.2) is 0 Å². The highest BCUT2D eigenvalue weighted by Gasteiger charge is 2.80. The molecule has 10 atom stereocenters. The van der Waals surface area contributed by atoms with Crippen LogP contribution in [0.5, 0.6) is 0 Å². The van der Waals surface area contributed by atoms with Crippen molar-refractivity contribution in [3.8, 4) is 0 Å². The Morgan fingerprint density at radius 1 is 1.00 bits per heavy atom. The highest BCUT2D eigenvalue weighted by Crippen LogP contribution is 2.70. The third kappa shape index (κ3) is 3.60. The average Bonchev–Trinajstić information content (AvgIpc) is 3.26. The van der Waals surface area contributed by atoms with Gasteiger partial charge >= 0.3 is 17.9 Å². The van der Waals surface area contributed by atoms with E-state index in [2.05, 4.69) is 19.9 Å². The van der Waals surface area contributed by atoms with Gasteiger partial charge in [0.2, 0.25) is 6.29 Å². The van der Waals surface area contributed by atoms with E-state index in [1.165, 1.54) is 20.8 Å². The van der Waals surface area contributed by atoms with Crippen LogP contribution in [0, 0.1) is 28.6 Å². The zero-order valence-electron chi connectivity index (χ0n) is 21.1. The summed E-state index contributed by atoms with van der Waals surface area (Å²) in [4.78, 5) is 36.4. The molecule has 0 N–H and O–H groups in total. The van der Waals surface area contributed by atoms with Crippen molar-refractivity contribution in [1.82, 2.24) is 0 Å². The number of fused-ring (bicyclic) bond motifs is 3. The number of epoxide rings is 1. The van der Waals surface area contributed by atoms with Crippen LogP contribution in [-0.4, -0.2) is 61.3 Å². The molecule has 0 unspecified atom stereocenters. The van der Waals surface area contributed by atoms with E-state index in [-0.39, 0.29) is 42.2 Å². The van der Waals surface area contributed by atoms with Crippen LogP contribution in [0.2, 0.25) is 0 Å². The standard InChI is InChI=1S/C26H36O9/c1-14-10-22(34-17(4)29)25(12-31-15(2)27)19(6-7-20(33-16(3)28)26(25)13-32-26)24(14,5)21-11-18-8-9-30-23(18)35-21/h8-9,14,18-23H,6-7,10-13H2,1-5H3/t14-,18-,19-,20-,21+,22+,23+,24+,25+,26+/m1/s1. The van der Waals surface area contributed by atoms with Crippen LogP contribution in [0.1, 0.15) is 60.3 Å². The smallest absolute Gasteiger partial charge is 0.303 e. The van der Waals surface area contributed by atoms with Gasteiger partial charge in [-0.2, -0.15) is 0 Å². The van der Waals surface area contributed by atoms with E-state index in [1.807, 2.05) is 0 Å². The molecule has 0 radical (unpaired) electrons. The molecular weight excluding hydrogens is 456 g/mol. The summed E-state index contributed by atoms with van der Waals surface area (Å²) >= 11 is 0. The molecule has 2 saturated heterocycles. The lowest BCUT2D eigenvalue weighted by molar-refractivity contribution is -0.269. The molecule has 2 saturated carbocycles. The Morgan fingerprint density at radius 3 is 2.29 bits per heavy atom. The number of rotatable bonds is 5. The average molecular weight is 493 g/mol. The van der Waals surface area contributed by atoms with Crippen molar-refractivity contribution in [3.63, 3.8) is 0 Å². The normalized spacial score (nSPS) is 47.4. The van der Waals surface area contributed by atoms with Crippen LogP contribution in [0.15, 0.2) is 12.3 Å². The molecule has 5 rings (SSSR count). The Hall–Kier alpha value is -2.13. The first kappa shape index (κ1) is 24.6. The van der Waals surface area contributed by atoms with Gasteiger partial charge < -0.3 is 28.4 Å². The van der Waals surface area contributed by atoms with Crippen LogP contribution >= 0.6 is 0 Å². The van der Waals surface area contributed by atoms with E-state index < -0.39 is 41.1 Å². The lowest BCUT2D eigenvalue weighted by atomic mass is 9.42. The molecule has 4 fully saturated rings. The van der Waals surface area contributed by atoms with Crippen LogP contribution in [0.3, 0.4) is 0 Å². The molecule has 0 aromatic heterocycles. The molecule has 2 aliphatic carbocycles. The second-order valence-electron chi connectivity index (χ2n) is 11.2. The van der Waals surface area contributed by atoms with Crippen molar-refractivity contribution in [1.29, 1.82) is 0 Å². The van der Waals surface area contributed by atoms with Crippen LogP contribution < -0.4 is 0 Å². The Kier molecular flexibility index (Phi) is 5.95. The first-order valence-corrected chi connectivity index (χ1v) is 12.6. The highest BCUT2D eigenvalue weighted by molar-refractivity contribution is 5.67. The summed E-state index contributed by atoms with van der Waals surface area (Å²) in [5, 5.41) is 0. The number of hydrogen-bond acceptors (Lipinski definition) is 9. The maximum absolute atomic E-state index is 12.3. The fourth-order valence-corrected chi connectivity index (χ4v) is 7.82. The van der Waals surface area contributed by atoms with Gasteiger partial charge in [0.1, 0.15) is 24.4 Å². The summed E-state index contributed by atoms with van der Waals surface area (Å²) in [6.07, 6.45) is 4.96. The molecule has 3 aliphatic heterocycles. The van der Waals surface area contributed by atoms with E-state index in [0.717, 1.165) is 6.42 Å². The van der Waals surface area contributed by atoms with Gasteiger partial charge in [0, 0.05) is 32.1 Å². The predicted molar refractivity (Wildman–Crippen MR) is 120 cm³/mol. The summed E-state index contributed by atoms with van der Waals surface area (Å²) in [5.41, 5.74) is -2.14. The zero-order chi connectivity index (χ0) is 25.2. The fraction of sp³-hybridized carbons (Fsp3) is 0.808. The van der Waals surface area contributed by atoms with Gasteiger partial charge in [0.05, 0.1) is 24.4 Å². The van der Waals surface area contributed by atoms with Crippen LogP contribution in [0.4, 0.5) is 0 Å². The maximum Gasteiger partial charge on any atom is 0.303 e. The molecule has 194 valence electrons. The van der Waals surface area contributed by atoms with Crippen molar-refractivity contribution < 1.29 is 42.8 Å². The minimum atomic E-state index is -0.899. The lowest BCUT2D eigenvalue weighted by Gasteiger charge is -2.64. The number of ether oxygens (including phenoxy) is 6. The van der Waals surface area contributed by atoms with Crippen LogP contribution in [0.25, 0.3) is 0 Å². The fourth-order valence-electron chi connectivity index (χ4n) is 7.82. The van der Waals surface area contributed by atoms with E-state index >= 15 is 0 Å². The largest absolute Gasteiger partial charge is 0.472 e. The number of carbonyl (C=O) groups excluding carboxylic acids is 3. The molecule has 0 bridgehead atoms. The summed E-state index contributed by atoms with van der Waals surface area (Å²) in [7, 11) is 0. The third-order valence-corrected chi connectivity index (χ3v) is 9.55. The first-order valence-electron chi connectivity index (χ1n) is 12.6. The Balaban J connectivity index is 1.62. The van der Waals surface area contributed by atoms with Gasteiger partial charge in [-0.3, -0.25) is 14.4 Å². The summed E-state index contributed by atoms with van der Waals surface area (Å²) in [6, 6.07) is 0. The van der Waals surface area contributed by atoms with Gasteiger partial charge in [-0.05, 0) is 43.6 Å². The minimum Gasteiger partial charge on any atom is -0.472 e. The number of esters is 3. The molecular formula is C26H36O9. The predicted octanol–water partition coefficient (Wildman–Crippen LogP) is 2.90. The monoisotopic (exact) mass is 492 g/mol. The van der Waals surface area contributed by atoms with E-state index in [1.54, 1.807) is 6.26 Å². The summed E-state index contributed by atoms with van der Waals surface area (Å²) in [5.74, 6) is -0.960. The van der Waals surface area contributed by atoms with E-state index in [0.29, 0.717) is 25.9 Å². The second-order valence-corrected chi connectivity index (χ2v) is 11.2. The topological polar surface area (TPSA) is 110 Å². The van der Waals surface area contributed by atoms with Gasteiger partial charge in [0.25, 0.3) is 0 Å². The molecule has 0 aromatic carbocycles. The molecule has 9 heteroatoms. The molecule has 35 heavy (non-hydrogen) atoms. The minimum absolute atomic E-state index is 0.0149. The summed E-state index contributed by atoms with van der Waals surface area (Å²) in [6.45, 7) is 8.93. The third-order valence-electron chi connectivity index (χ3n) is 9.55. The molecule has 0 aromatic rings. The highest BCUT2D eigenvalue weighted by atomic mass is 16.7. The zero-order valence-corrected chi connectivity index (χ0v) is 21.1. The Bertz CT molecular complexity index is 926. The van der Waals surface area contributed by atoms with Crippen molar-refractivity contribution in [2.45, 2.75) is 90.5 Å².